The topological polar surface area (TPSA) is 71.1 Å². The van der Waals surface area contributed by atoms with Gasteiger partial charge in [-0.2, -0.15) is 0 Å². The number of rotatable bonds is 7. The number of halogens is 1. The molecule has 0 saturated carbocycles. The van der Waals surface area contributed by atoms with E-state index in [0.29, 0.717) is 42.1 Å². The molecule has 1 heterocycles. The molecule has 2 N–H and O–H groups in total. The van der Waals surface area contributed by atoms with Gasteiger partial charge in [0.05, 0.1) is 11.1 Å². The van der Waals surface area contributed by atoms with Crippen molar-refractivity contribution >= 4 is 11.8 Å². The van der Waals surface area contributed by atoms with Gasteiger partial charge in [0.2, 0.25) is 0 Å². The molecule has 5 nitrogen and oxygen atoms in total. The molecule has 1 aromatic carbocycles. The Labute approximate surface area is 146 Å². The van der Waals surface area contributed by atoms with Gasteiger partial charge in [-0.05, 0) is 30.0 Å². The molecule has 0 spiro atoms. The number of aromatic nitrogens is 1. The SMILES string of the molecule is CC(C)CNC(=O)c1cncc(C(=O)NCCc2ccccc2F)c1. The summed E-state index contributed by atoms with van der Waals surface area (Å²) in [5, 5.41) is 5.50. The van der Waals surface area contributed by atoms with Crippen molar-refractivity contribution in [1.29, 1.82) is 0 Å². The second kappa shape index (κ2) is 8.92. The maximum atomic E-state index is 13.5. The van der Waals surface area contributed by atoms with Gasteiger partial charge in [0.15, 0.2) is 0 Å². The molecule has 2 amide bonds. The predicted octanol–water partition coefficient (Wildman–Crippen LogP) is 2.58. The molecular weight excluding hydrogens is 321 g/mol. The minimum atomic E-state index is -0.345. The lowest BCUT2D eigenvalue weighted by Gasteiger charge is -2.09. The first-order chi connectivity index (χ1) is 12.0. The van der Waals surface area contributed by atoms with Crippen LogP contribution in [0.25, 0.3) is 0 Å². The summed E-state index contributed by atoms with van der Waals surface area (Å²) in [7, 11) is 0. The summed E-state index contributed by atoms with van der Waals surface area (Å²) in [4.78, 5) is 28.2. The lowest BCUT2D eigenvalue weighted by atomic mass is 10.1. The molecule has 1 aromatic heterocycles. The van der Waals surface area contributed by atoms with E-state index in [0.717, 1.165) is 0 Å². The molecule has 0 radical (unpaired) electrons. The van der Waals surface area contributed by atoms with Crippen LogP contribution in [-0.4, -0.2) is 29.9 Å². The lowest BCUT2D eigenvalue weighted by Crippen LogP contribution is -2.29. The van der Waals surface area contributed by atoms with Gasteiger partial charge in [0.25, 0.3) is 11.8 Å². The number of hydrogen-bond acceptors (Lipinski definition) is 3. The Morgan fingerprint density at radius 1 is 1.08 bits per heavy atom. The third-order valence-corrected chi connectivity index (χ3v) is 3.57. The molecule has 25 heavy (non-hydrogen) atoms. The Morgan fingerprint density at radius 2 is 1.72 bits per heavy atom. The van der Waals surface area contributed by atoms with E-state index >= 15 is 0 Å². The highest BCUT2D eigenvalue weighted by Crippen LogP contribution is 2.07. The van der Waals surface area contributed by atoms with Crippen LogP contribution >= 0.6 is 0 Å². The minimum Gasteiger partial charge on any atom is -0.352 e. The summed E-state index contributed by atoms with van der Waals surface area (Å²) in [6.07, 6.45) is 3.21. The summed E-state index contributed by atoms with van der Waals surface area (Å²) in [6.45, 7) is 4.84. The van der Waals surface area contributed by atoms with Crippen molar-refractivity contribution in [2.24, 2.45) is 5.92 Å². The largest absolute Gasteiger partial charge is 0.352 e. The Balaban J connectivity index is 1.92. The number of benzene rings is 1. The molecular formula is C19H22FN3O2. The summed E-state index contributed by atoms with van der Waals surface area (Å²) in [6, 6.07) is 7.95. The number of carbonyl (C=O) groups is 2. The summed E-state index contributed by atoms with van der Waals surface area (Å²) in [5.41, 5.74) is 1.18. The zero-order valence-electron chi connectivity index (χ0n) is 14.4. The van der Waals surface area contributed by atoms with Crippen molar-refractivity contribution in [3.63, 3.8) is 0 Å². The zero-order chi connectivity index (χ0) is 18.2. The Kier molecular flexibility index (Phi) is 6.62. The van der Waals surface area contributed by atoms with Crippen LogP contribution in [0.1, 0.15) is 40.1 Å². The van der Waals surface area contributed by atoms with Crippen LogP contribution in [-0.2, 0) is 6.42 Å². The number of pyridine rings is 1. The average molecular weight is 343 g/mol. The molecule has 2 aromatic rings. The van der Waals surface area contributed by atoms with Crippen molar-refractivity contribution < 1.29 is 14.0 Å². The van der Waals surface area contributed by atoms with Gasteiger partial charge in [0, 0.05) is 25.5 Å². The van der Waals surface area contributed by atoms with E-state index in [1.54, 1.807) is 18.2 Å². The number of nitrogens with zero attached hydrogens (tertiary/aromatic N) is 1. The quantitative estimate of drug-likeness (QED) is 0.812. The van der Waals surface area contributed by atoms with Gasteiger partial charge >= 0.3 is 0 Å². The summed E-state index contributed by atoms with van der Waals surface area (Å²) < 4.78 is 13.5. The highest BCUT2D eigenvalue weighted by Gasteiger charge is 2.11. The summed E-state index contributed by atoms with van der Waals surface area (Å²) in [5.74, 6) is -0.562. The van der Waals surface area contributed by atoms with E-state index < -0.39 is 0 Å². The van der Waals surface area contributed by atoms with Crippen molar-refractivity contribution in [3.05, 3.63) is 65.2 Å². The molecule has 0 aliphatic carbocycles. The second-order valence-electron chi connectivity index (χ2n) is 6.16. The van der Waals surface area contributed by atoms with Gasteiger partial charge in [0.1, 0.15) is 5.82 Å². The van der Waals surface area contributed by atoms with Gasteiger partial charge in [-0.25, -0.2) is 4.39 Å². The van der Waals surface area contributed by atoms with Crippen LogP contribution in [0, 0.1) is 11.7 Å². The summed E-state index contributed by atoms with van der Waals surface area (Å²) >= 11 is 0. The predicted molar refractivity (Wildman–Crippen MR) is 93.8 cm³/mol. The molecule has 6 heteroatoms. The van der Waals surface area contributed by atoms with Crippen molar-refractivity contribution in [2.45, 2.75) is 20.3 Å². The second-order valence-corrected chi connectivity index (χ2v) is 6.16. The van der Waals surface area contributed by atoms with Crippen LogP contribution in [0.2, 0.25) is 0 Å². The molecule has 0 unspecified atom stereocenters. The normalized spacial score (nSPS) is 10.6. The third-order valence-electron chi connectivity index (χ3n) is 3.57. The highest BCUT2D eigenvalue weighted by atomic mass is 19.1. The van der Waals surface area contributed by atoms with Crippen molar-refractivity contribution in [2.75, 3.05) is 13.1 Å². The number of amides is 2. The van der Waals surface area contributed by atoms with Crippen molar-refractivity contribution in [3.8, 4) is 0 Å². The fourth-order valence-corrected chi connectivity index (χ4v) is 2.20. The maximum absolute atomic E-state index is 13.5. The highest BCUT2D eigenvalue weighted by molar-refractivity contribution is 5.99. The molecule has 0 aliphatic heterocycles. The van der Waals surface area contributed by atoms with E-state index in [4.69, 9.17) is 0 Å². The van der Waals surface area contributed by atoms with Crippen LogP contribution < -0.4 is 10.6 Å². The Morgan fingerprint density at radius 3 is 2.36 bits per heavy atom. The monoisotopic (exact) mass is 343 g/mol. The van der Waals surface area contributed by atoms with Gasteiger partial charge < -0.3 is 10.6 Å². The number of hydrogen-bond donors (Lipinski definition) is 2. The van der Waals surface area contributed by atoms with Gasteiger partial charge in [-0.1, -0.05) is 32.0 Å². The molecule has 0 bridgehead atoms. The zero-order valence-corrected chi connectivity index (χ0v) is 14.4. The smallest absolute Gasteiger partial charge is 0.252 e. The lowest BCUT2D eigenvalue weighted by molar-refractivity contribution is 0.0948. The number of carbonyl (C=O) groups excluding carboxylic acids is 2. The molecule has 2 rings (SSSR count). The first kappa shape index (κ1) is 18.6. The Hall–Kier alpha value is -2.76. The fourth-order valence-electron chi connectivity index (χ4n) is 2.20. The van der Waals surface area contributed by atoms with Gasteiger partial charge in [-0.3, -0.25) is 14.6 Å². The van der Waals surface area contributed by atoms with E-state index in [9.17, 15) is 14.0 Å². The standard InChI is InChI=1S/C19H22FN3O2/c1-13(2)10-23-19(25)16-9-15(11-21-12-16)18(24)22-8-7-14-5-3-4-6-17(14)20/h3-6,9,11-13H,7-8,10H2,1-2H3,(H,22,24)(H,23,25). The third kappa shape index (κ3) is 5.67. The van der Waals surface area contributed by atoms with Crippen LogP contribution in [0.3, 0.4) is 0 Å². The van der Waals surface area contributed by atoms with E-state index in [1.807, 2.05) is 13.8 Å². The van der Waals surface area contributed by atoms with Crippen molar-refractivity contribution in [1.82, 2.24) is 15.6 Å². The van der Waals surface area contributed by atoms with E-state index in [-0.39, 0.29) is 17.6 Å². The average Bonchev–Trinajstić information content (AvgIpc) is 2.61. The molecule has 132 valence electrons. The fraction of sp³-hybridized carbons (Fsp3) is 0.316. The van der Waals surface area contributed by atoms with Gasteiger partial charge in [-0.15, -0.1) is 0 Å². The molecule has 0 aliphatic rings. The first-order valence-corrected chi connectivity index (χ1v) is 8.22. The van der Waals surface area contributed by atoms with Crippen LogP contribution in [0.4, 0.5) is 4.39 Å². The minimum absolute atomic E-state index is 0.262. The Bertz CT molecular complexity index is 747. The number of nitrogens with one attached hydrogen (secondary N) is 2. The first-order valence-electron chi connectivity index (χ1n) is 8.22. The van der Waals surface area contributed by atoms with Crippen LogP contribution in [0.15, 0.2) is 42.7 Å². The molecule has 0 atom stereocenters. The molecule has 0 fully saturated rings. The van der Waals surface area contributed by atoms with Crippen LogP contribution in [0.5, 0.6) is 0 Å². The van der Waals surface area contributed by atoms with E-state index in [1.165, 1.54) is 24.5 Å². The van der Waals surface area contributed by atoms with E-state index in [2.05, 4.69) is 15.6 Å². The molecule has 0 saturated heterocycles. The maximum Gasteiger partial charge on any atom is 0.252 e.